The van der Waals surface area contributed by atoms with E-state index in [2.05, 4.69) is 5.32 Å². The van der Waals surface area contributed by atoms with E-state index in [9.17, 15) is 24.8 Å². The van der Waals surface area contributed by atoms with Crippen LogP contribution >= 0.6 is 0 Å². The molecule has 0 saturated heterocycles. The van der Waals surface area contributed by atoms with Crippen LogP contribution in [0.3, 0.4) is 0 Å². The van der Waals surface area contributed by atoms with Crippen molar-refractivity contribution in [3.8, 4) is 0 Å². The van der Waals surface area contributed by atoms with Gasteiger partial charge in [0.1, 0.15) is 0 Å². The maximum absolute atomic E-state index is 12.2. The number of hydrogen-bond acceptors (Lipinski definition) is 4. The second kappa shape index (κ2) is 5.19. The summed E-state index contributed by atoms with van der Waals surface area (Å²) >= 11 is 0. The van der Waals surface area contributed by atoms with Crippen LogP contribution in [0.25, 0.3) is 0 Å². The number of carbonyl (C=O) groups is 2. The third-order valence-corrected chi connectivity index (χ3v) is 4.27. The van der Waals surface area contributed by atoms with E-state index in [0.29, 0.717) is 12.8 Å². The van der Waals surface area contributed by atoms with Crippen molar-refractivity contribution in [2.75, 3.05) is 0 Å². The molecule has 21 heavy (non-hydrogen) atoms. The molecule has 0 aromatic carbocycles. The molecule has 2 atom stereocenters. The Hall–Kier alpha value is -2.38. The average Bonchev–Trinajstić information content (AvgIpc) is 2.94. The summed E-state index contributed by atoms with van der Waals surface area (Å²) < 4.78 is 1.18. The molecule has 0 aliphatic heterocycles. The monoisotopic (exact) mass is 295 g/mol. The second-order valence-electron chi connectivity index (χ2n) is 5.53. The van der Waals surface area contributed by atoms with Gasteiger partial charge in [-0.3, -0.25) is 9.59 Å². The van der Waals surface area contributed by atoms with E-state index < -0.39 is 28.3 Å². The minimum absolute atomic E-state index is 0.140. The molecule has 1 aliphatic rings. The van der Waals surface area contributed by atoms with Gasteiger partial charge in [0.2, 0.25) is 0 Å². The summed E-state index contributed by atoms with van der Waals surface area (Å²) in [4.78, 5) is 33.8. The van der Waals surface area contributed by atoms with Gasteiger partial charge in [-0.05, 0) is 30.8 Å². The number of nitrogens with one attached hydrogen (secondary N) is 1. The van der Waals surface area contributed by atoms with Crippen LogP contribution in [0.15, 0.2) is 12.1 Å². The average molecular weight is 295 g/mol. The van der Waals surface area contributed by atoms with E-state index in [0.717, 1.165) is 6.42 Å². The Balaban J connectivity index is 2.19. The molecule has 2 N–H and O–H groups in total. The fourth-order valence-electron chi connectivity index (χ4n) is 2.80. The molecule has 1 fully saturated rings. The topological polar surface area (TPSA) is 114 Å². The van der Waals surface area contributed by atoms with Crippen LogP contribution in [0.1, 0.15) is 36.7 Å². The van der Waals surface area contributed by atoms with Crippen LogP contribution in [-0.2, 0) is 11.8 Å². The van der Waals surface area contributed by atoms with E-state index in [1.807, 2.05) is 0 Å². The Bertz CT molecular complexity index is 609. The lowest BCUT2D eigenvalue weighted by molar-refractivity contribution is -0.391. The Morgan fingerprint density at radius 3 is 2.71 bits per heavy atom. The third kappa shape index (κ3) is 2.48. The largest absolute Gasteiger partial charge is 0.481 e. The van der Waals surface area contributed by atoms with Crippen LogP contribution in [0.2, 0.25) is 0 Å². The molecule has 114 valence electrons. The summed E-state index contributed by atoms with van der Waals surface area (Å²) in [6, 6.07) is 2.14. The van der Waals surface area contributed by atoms with Gasteiger partial charge in [0, 0.05) is 12.1 Å². The van der Waals surface area contributed by atoms with E-state index in [1.54, 1.807) is 6.92 Å². The minimum Gasteiger partial charge on any atom is -0.481 e. The molecule has 1 aromatic heterocycles. The number of carboxylic acids is 1. The number of rotatable bonds is 4. The maximum atomic E-state index is 12.2. The van der Waals surface area contributed by atoms with Crippen molar-refractivity contribution in [2.24, 2.45) is 12.5 Å². The summed E-state index contributed by atoms with van der Waals surface area (Å²) in [6.07, 6.45) is 1.81. The van der Waals surface area contributed by atoms with Crippen molar-refractivity contribution in [1.82, 2.24) is 9.88 Å². The van der Waals surface area contributed by atoms with E-state index in [1.165, 1.54) is 23.7 Å². The zero-order chi connectivity index (χ0) is 15.8. The number of nitro groups is 1. The molecule has 8 heteroatoms. The molecule has 1 heterocycles. The highest BCUT2D eigenvalue weighted by Crippen LogP contribution is 2.38. The predicted molar refractivity (Wildman–Crippen MR) is 72.9 cm³/mol. The molecular weight excluding hydrogens is 278 g/mol. The molecule has 2 rings (SSSR count). The van der Waals surface area contributed by atoms with Crippen molar-refractivity contribution in [1.29, 1.82) is 0 Å². The molecule has 1 aliphatic carbocycles. The van der Waals surface area contributed by atoms with Gasteiger partial charge in [0.15, 0.2) is 5.69 Å². The van der Waals surface area contributed by atoms with Crippen LogP contribution in [-0.4, -0.2) is 32.5 Å². The number of carboxylic acid groups (broad SMARTS) is 1. The van der Waals surface area contributed by atoms with Crippen LogP contribution in [0, 0.1) is 15.5 Å². The SMILES string of the molecule is Cn1c(C(=O)NC2CCCC2(C)C(=O)O)ccc1[N+](=O)[O-]. The van der Waals surface area contributed by atoms with Gasteiger partial charge in [0.25, 0.3) is 5.91 Å². The first-order valence-corrected chi connectivity index (χ1v) is 6.61. The van der Waals surface area contributed by atoms with Crippen molar-refractivity contribution in [3.05, 3.63) is 27.9 Å². The summed E-state index contributed by atoms with van der Waals surface area (Å²) in [5, 5.41) is 22.8. The quantitative estimate of drug-likeness (QED) is 0.642. The normalized spacial score (nSPS) is 24.8. The first kappa shape index (κ1) is 15.0. The van der Waals surface area contributed by atoms with Gasteiger partial charge in [-0.15, -0.1) is 0 Å². The predicted octanol–water partition coefficient (Wildman–Crippen LogP) is 1.31. The first-order valence-electron chi connectivity index (χ1n) is 6.61. The summed E-state index contributed by atoms with van der Waals surface area (Å²) in [6.45, 7) is 1.61. The molecule has 2 unspecified atom stereocenters. The number of nitrogens with zero attached hydrogens (tertiary/aromatic N) is 2. The number of amides is 1. The van der Waals surface area contributed by atoms with E-state index in [-0.39, 0.29) is 11.5 Å². The lowest BCUT2D eigenvalue weighted by Crippen LogP contribution is -2.47. The Morgan fingerprint density at radius 1 is 1.52 bits per heavy atom. The zero-order valence-corrected chi connectivity index (χ0v) is 11.8. The summed E-state index contributed by atoms with van der Waals surface area (Å²) in [5.41, 5.74) is -0.853. The van der Waals surface area contributed by atoms with Gasteiger partial charge in [0.05, 0.1) is 12.5 Å². The molecule has 0 radical (unpaired) electrons. The van der Waals surface area contributed by atoms with Crippen LogP contribution in [0.5, 0.6) is 0 Å². The Kier molecular flexibility index (Phi) is 3.71. The second-order valence-corrected chi connectivity index (χ2v) is 5.53. The highest BCUT2D eigenvalue weighted by atomic mass is 16.6. The number of hydrogen-bond donors (Lipinski definition) is 2. The van der Waals surface area contributed by atoms with Crippen molar-refractivity contribution in [2.45, 2.75) is 32.2 Å². The smallest absolute Gasteiger partial charge is 0.323 e. The van der Waals surface area contributed by atoms with E-state index >= 15 is 0 Å². The lowest BCUT2D eigenvalue weighted by atomic mass is 9.85. The maximum Gasteiger partial charge on any atom is 0.323 e. The highest BCUT2D eigenvalue weighted by Gasteiger charge is 2.46. The lowest BCUT2D eigenvalue weighted by Gasteiger charge is -2.27. The first-order chi connectivity index (χ1) is 9.77. The van der Waals surface area contributed by atoms with Crippen molar-refractivity contribution >= 4 is 17.7 Å². The molecule has 0 bridgehead atoms. The van der Waals surface area contributed by atoms with Gasteiger partial charge in [-0.1, -0.05) is 6.42 Å². The summed E-state index contributed by atoms with van der Waals surface area (Å²) in [5.74, 6) is -1.62. The summed E-state index contributed by atoms with van der Waals surface area (Å²) in [7, 11) is 1.43. The molecule has 1 amide bonds. The Labute approximate surface area is 120 Å². The van der Waals surface area contributed by atoms with E-state index in [4.69, 9.17) is 0 Å². The number of aromatic nitrogens is 1. The van der Waals surface area contributed by atoms with Gasteiger partial charge in [-0.25, -0.2) is 4.57 Å². The molecule has 1 saturated carbocycles. The Morgan fingerprint density at radius 2 is 2.19 bits per heavy atom. The van der Waals surface area contributed by atoms with Crippen LogP contribution < -0.4 is 5.32 Å². The fourth-order valence-corrected chi connectivity index (χ4v) is 2.80. The molecule has 0 spiro atoms. The minimum atomic E-state index is -0.993. The number of aliphatic carboxylic acids is 1. The fraction of sp³-hybridized carbons (Fsp3) is 0.538. The molecule has 8 nitrogen and oxygen atoms in total. The highest BCUT2D eigenvalue weighted by molar-refractivity contribution is 5.94. The number of carbonyl (C=O) groups excluding carboxylic acids is 1. The van der Waals surface area contributed by atoms with Crippen molar-refractivity contribution < 1.29 is 19.6 Å². The van der Waals surface area contributed by atoms with Crippen molar-refractivity contribution in [3.63, 3.8) is 0 Å². The van der Waals surface area contributed by atoms with Gasteiger partial charge >= 0.3 is 11.8 Å². The molecule has 1 aromatic rings. The third-order valence-electron chi connectivity index (χ3n) is 4.27. The van der Waals surface area contributed by atoms with Crippen LogP contribution in [0.4, 0.5) is 5.82 Å². The van der Waals surface area contributed by atoms with Gasteiger partial charge in [-0.2, -0.15) is 0 Å². The standard InChI is InChI=1S/C13H17N3O5/c1-13(12(18)19)7-3-4-9(13)14-11(17)8-5-6-10(15(8)2)16(20)21/h5-6,9H,3-4,7H2,1-2H3,(H,14,17)(H,18,19). The molecular formula is C13H17N3O5. The van der Waals surface area contributed by atoms with Gasteiger partial charge < -0.3 is 20.5 Å². The zero-order valence-electron chi connectivity index (χ0n) is 11.8.